The quantitative estimate of drug-likeness (QED) is 0.460. The number of hydrogen-bond donors (Lipinski definition) is 0. The molecule has 2 aliphatic rings. The second-order valence-corrected chi connectivity index (χ2v) is 8.21. The fourth-order valence-electron chi connectivity index (χ4n) is 4.41. The van der Waals surface area contributed by atoms with Crippen molar-refractivity contribution in [1.29, 1.82) is 0 Å². The molecule has 1 saturated heterocycles. The van der Waals surface area contributed by atoms with Crippen LogP contribution >= 0.6 is 0 Å². The Labute approximate surface area is 193 Å². The van der Waals surface area contributed by atoms with Crippen molar-refractivity contribution in [2.75, 3.05) is 12.1 Å². The number of rotatable bonds is 4. The Balaban J connectivity index is 1.58. The molecule has 6 heteroatoms. The second-order valence-electron chi connectivity index (χ2n) is 8.21. The summed E-state index contributed by atoms with van der Waals surface area (Å²) in [5, 5.41) is 5.15. The van der Waals surface area contributed by atoms with E-state index in [2.05, 4.69) is 0 Å². The van der Waals surface area contributed by atoms with Crippen molar-refractivity contribution in [3.8, 4) is 0 Å². The van der Waals surface area contributed by atoms with Gasteiger partial charge < -0.3 is 0 Å². The summed E-state index contributed by atoms with van der Waals surface area (Å²) >= 11 is 0. The van der Waals surface area contributed by atoms with Gasteiger partial charge in [-0.2, -0.15) is 0 Å². The number of carbonyl (C=O) groups excluding carboxylic acids is 2. The lowest BCUT2D eigenvalue weighted by Crippen LogP contribution is -2.50. The highest BCUT2D eigenvalue weighted by atomic mass is 16.2. The first-order valence-electron chi connectivity index (χ1n) is 11.0. The van der Waals surface area contributed by atoms with Crippen molar-refractivity contribution < 1.29 is 14.3 Å². The Bertz CT molecular complexity index is 1240. The van der Waals surface area contributed by atoms with E-state index in [1.807, 2.05) is 122 Å². The van der Waals surface area contributed by atoms with E-state index in [4.69, 9.17) is 0 Å². The van der Waals surface area contributed by atoms with E-state index in [-0.39, 0.29) is 17.9 Å². The molecule has 0 saturated carbocycles. The maximum absolute atomic E-state index is 13.7. The number of benzene rings is 3. The maximum atomic E-state index is 13.7. The molecule has 0 bridgehead atoms. The molecule has 0 radical (unpaired) electrons. The molecule has 1 fully saturated rings. The van der Waals surface area contributed by atoms with E-state index in [9.17, 15) is 9.59 Å². The molecule has 164 valence electrons. The third-order valence-electron chi connectivity index (χ3n) is 6.18. The van der Waals surface area contributed by atoms with Gasteiger partial charge in [-0.05, 0) is 30.7 Å². The Kier molecular flexibility index (Phi) is 5.36. The van der Waals surface area contributed by atoms with Crippen LogP contribution in [0.15, 0.2) is 96.6 Å². The third-order valence-corrected chi connectivity index (χ3v) is 6.18. The van der Waals surface area contributed by atoms with Crippen LogP contribution in [0, 0.1) is 0 Å². The number of hydrazine groups is 2. The predicted octanol–water partition coefficient (Wildman–Crippen LogP) is 3.89. The van der Waals surface area contributed by atoms with Crippen LogP contribution in [0.4, 0.5) is 11.4 Å². The van der Waals surface area contributed by atoms with E-state index in [0.29, 0.717) is 5.57 Å². The summed E-state index contributed by atoms with van der Waals surface area (Å²) in [4.78, 5) is 27.4. The maximum Gasteiger partial charge on any atom is 0.315 e. The fourth-order valence-corrected chi connectivity index (χ4v) is 4.41. The molecular formula is C27H25N4O2+. The Hall–Kier alpha value is -4.03. The van der Waals surface area contributed by atoms with Crippen molar-refractivity contribution in [1.82, 2.24) is 10.0 Å². The lowest BCUT2D eigenvalue weighted by Gasteiger charge is -2.26. The molecule has 2 atom stereocenters. The smallest absolute Gasteiger partial charge is 0.270 e. The highest BCUT2D eigenvalue weighted by molar-refractivity contribution is 6.18. The number of hydrazone groups is 1. The molecule has 0 spiro atoms. The number of likely N-dealkylation sites (N-methyl/N-ethyl adjacent to an activating group) is 1. The summed E-state index contributed by atoms with van der Waals surface area (Å²) in [6, 6.07) is 28.0. The Morgan fingerprint density at radius 1 is 0.818 bits per heavy atom. The summed E-state index contributed by atoms with van der Waals surface area (Å²) in [6.45, 7) is 1.97. The molecule has 2 aliphatic heterocycles. The summed E-state index contributed by atoms with van der Waals surface area (Å²) < 4.78 is 1.80. The summed E-state index contributed by atoms with van der Waals surface area (Å²) in [5.41, 5.74) is 3.07. The van der Waals surface area contributed by atoms with E-state index in [1.165, 1.54) is 0 Å². The SMILES string of the molecule is CC1C(N2C(=O)/C(=C/c3ccccc3)C=[N+]2c2ccccc2)C(=O)N(c2ccccc2)N1C. The number of anilines is 1. The lowest BCUT2D eigenvalue weighted by molar-refractivity contribution is -0.598. The number of amides is 2. The molecule has 3 aromatic carbocycles. The average Bonchev–Trinajstić information content (AvgIpc) is 3.27. The van der Waals surface area contributed by atoms with Crippen LogP contribution in [0.2, 0.25) is 0 Å². The van der Waals surface area contributed by atoms with Crippen molar-refractivity contribution in [3.63, 3.8) is 0 Å². The van der Waals surface area contributed by atoms with Crippen molar-refractivity contribution in [3.05, 3.63) is 102 Å². The van der Waals surface area contributed by atoms with Crippen LogP contribution in [-0.2, 0) is 9.59 Å². The molecule has 2 amide bonds. The van der Waals surface area contributed by atoms with Gasteiger partial charge in [0.15, 0.2) is 6.04 Å². The van der Waals surface area contributed by atoms with Gasteiger partial charge in [-0.1, -0.05) is 76.4 Å². The zero-order chi connectivity index (χ0) is 22.9. The molecule has 0 N–H and O–H groups in total. The van der Waals surface area contributed by atoms with Crippen molar-refractivity contribution in [2.45, 2.75) is 19.0 Å². The largest absolute Gasteiger partial charge is 0.315 e. The number of carbonyl (C=O) groups is 2. The van der Waals surface area contributed by atoms with Gasteiger partial charge in [-0.3, -0.25) is 9.59 Å². The lowest BCUT2D eigenvalue weighted by atomic mass is 10.1. The third kappa shape index (κ3) is 3.64. The predicted molar refractivity (Wildman–Crippen MR) is 129 cm³/mol. The van der Waals surface area contributed by atoms with Crippen molar-refractivity contribution >= 4 is 35.5 Å². The molecule has 0 aromatic heterocycles. The summed E-state index contributed by atoms with van der Waals surface area (Å²) in [7, 11) is 1.88. The van der Waals surface area contributed by atoms with Gasteiger partial charge in [-0.15, -0.1) is 0 Å². The van der Waals surface area contributed by atoms with Crippen LogP contribution in [0.1, 0.15) is 12.5 Å². The van der Waals surface area contributed by atoms with Crippen LogP contribution in [-0.4, -0.2) is 51.9 Å². The highest BCUT2D eigenvalue weighted by Crippen LogP contribution is 2.33. The van der Waals surface area contributed by atoms with Gasteiger partial charge in [-0.25, -0.2) is 10.0 Å². The van der Waals surface area contributed by atoms with Gasteiger partial charge in [0.2, 0.25) is 11.9 Å². The monoisotopic (exact) mass is 437 g/mol. The molecule has 2 unspecified atom stereocenters. The van der Waals surface area contributed by atoms with Gasteiger partial charge in [0.1, 0.15) is 5.57 Å². The van der Waals surface area contributed by atoms with E-state index in [0.717, 1.165) is 16.9 Å². The van der Waals surface area contributed by atoms with E-state index >= 15 is 0 Å². The Morgan fingerprint density at radius 2 is 1.39 bits per heavy atom. The first kappa shape index (κ1) is 20.8. The standard InChI is InChI=1S/C27H25N4O2/c1-20-25(27(33)30(28(20)2)24-16-10-5-11-17-24)31-26(32)22(18-21-12-6-3-7-13-21)19-29(31)23-14-8-4-9-15-23/h3-20,25H,1-2H3/q+1/b22-18+. The first-order valence-corrected chi connectivity index (χ1v) is 11.0. The van der Waals surface area contributed by atoms with Crippen LogP contribution < -0.4 is 5.01 Å². The zero-order valence-electron chi connectivity index (χ0n) is 18.6. The molecule has 6 nitrogen and oxygen atoms in total. The average molecular weight is 438 g/mol. The molecular weight excluding hydrogens is 412 g/mol. The molecule has 3 aromatic rings. The highest BCUT2D eigenvalue weighted by Gasteiger charge is 2.55. The van der Waals surface area contributed by atoms with Crippen LogP contribution in [0.5, 0.6) is 0 Å². The zero-order valence-corrected chi connectivity index (χ0v) is 18.6. The fraction of sp³-hybridized carbons (Fsp3) is 0.148. The Morgan fingerprint density at radius 3 is 2.03 bits per heavy atom. The van der Waals surface area contributed by atoms with Gasteiger partial charge in [0, 0.05) is 19.2 Å². The van der Waals surface area contributed by atoms with E-state index < -0.39 is 6.04 Å². The van der Waals surface area contributed by atoms with Gasteiger partial charge in [0.05, 0.1) is 11.7 Å². The number of hydrogen-bond acceptors (Lipinski definition) is 3. The van der Waals surface area contributed by atoms with Crippen LogP contribution in [0.3, 0.4) is 0 Å². The minimum absolute atomic E-state index is 0.139. The molecule has 5 rings (SSSR count). The molecule has 0 aliphatic carbocycles. The molecule has 33 heavy (non-hydrogen) atoms. The summed E-state index contributed by atoms with van der Waals surface area (Å²) in [6.07, 6.45) is 3.68. The van der Waals surface area contributed by atoms with Crippen molar-refractivity contribution in [2.24, 2.45) is 0 Å². The normalized spacial score (nSPS) is 22.4. The second kappa shape index (κ2) is 8.48. The van der Waals surface area contributed by atoms with E-state index in [1.54, 1.807) is 14.7 Å². The number of para-hydroxylation sites is 2. The number of nitrogens with zero attached hydrogens (tertiary/aromatic N) is 4. The van der Waals surface area contributed by atoms with Gasteiger partial charge >= 0.3 is 5.91 Å². The first-order chi connectivity index (χ1) is 16.1. The topological polar surface area (TPSA) is 46.9 Å². The summed E-state index contributed by atoms with van der Waals surface area (Å²) in [5.74, 6) is -0.337. The van der Waals surface area contributed by atoms with Gasteiger partial charge in [0.25, 0.3) is 5.91 Å². The minimum atomic E-state index is -0.680. The van der Waals surface area contributed by atoms with Crippen LogP contribution in [0.25, 0.3) is 6.08 Å². The minimum Gasteiger partial charge on any atom is -0.270 e. The molecule has 2 heterocycles.